The first-order valence-corrected chi connectivity index (χ1v) is 16.5. The summed E-state index contributed by atoms with van der Waals surface area (Å²) < 4.78 is 14.3. The van der Waals surface area contributed by atoms with E-state index in [1.165, 1.54) is 16.4 Å². The molecule has 0 aliphatic carbocycles. The number of benzene rings is 7. The van der Waals surface area contributed by atoms with Gasteiger partial charge in [0.15, 0.2) is 0 Å². The van der Waals surface area contributed by atoms with Gasteiger partial charge in [0.25, 0.3) is 13.4 Å². The van der Waals surface area contributed by atoms with E-state index in [9.17, 15) is 0 Å². The number of anilines is 6. The summed E-state index contributed by atoms with van der Waals surface area (Å²) in [7, 11) is 0. The largest absolute Gasteiger partial charge is 0.456 e. The number of para-hydroxylation sites is 6. The fourth-order valence-corrected chi connectivity index (χ4v) is 8.50. The summed E-state index contributed by atoms with van der Waals surface area (Å²) in [6.07, 6.45) is 0. The fourth-order valence-electron chi connectivity index (χ4n) is 8.50. The quantitative estimate of drug-likeness (QED) is 0.209. The van der Waals surface area contributed by atoms with Crippen molar-refractivity contribution in [3.63, 3.8) is 0 Å². The summed E-state index contributed by atoms with van der Waals surface area (Å²) >= 11 is 0. The normalized spacial score (nSPS) is 14.0. The van der Waals surface area contributed by atoms with Crippen molar-refractivity contribution in [2.24, 2.45) is 0 Å². The lowest BCUT2D eigenvalue weighted by Gasteiger charge is -2.47. The van der Waals surface area contributed by atoms with Crippen LogP contribution in [0.15, 0.2) is 158 Å². The molecule has 6 heteroatoms. The molecule has 0 spiro atoms. The Morgan fingerprint density at radius 3 is 1.21 bits per heavy atom. The molecule has 0 unspecified atom stereocenters. The SMILES string of the molecule is c1ccc(N2c3ccccc3B3c4ccccc4N(c4ccccc4)c4c5c6c(c2c43)Oc2ccccc2B6c2ccccc2O5)cc1. The molecule has 0 fully saturated rings. The maximum absolute atomic E-state index is 7.17. The summed E-state index contributed by atoms with van der Waals surface area (Å²) in [5, 5.41) is 0. The molecule has 222 valence electrons. The minimum absolute atomic E-state index is 0.0381. The van der Waals surface area contributed by atoms with Crippen LogP contribution in [-0.4, -0.2) is 13.4 Å². The van der Waals surface area contributed by atoms with E-state index in [4.69, 9.17) is 9.47 Å². The van der Waals surface area contributed by atoms with Gasteiger partial charge in [0, 0.05) is 28.2 Å². The van der Waals surface area contributed by atoms with Crippen LogP contribution in [0.3, 0.4) is 0 Å². The molecule has 0 saturated carbocycles. The zero-order chi connectivity index (χ0) is 31.3. The Morgan fingerprint density at radius 1 is 0.354 bits per heavy atom. The lowest BCUT2D eigenvalue weighted by molar-refractivity contribution is 0.466. The number of fused-ring (bicyclic) bond motifs is 10. The lowest BCUT2D eigenvalue weighted by Crippen LogP contribution is -2.64. The van der Waals surface area contributed by atoms with Crippen LogP contribution in [0.1, 0.15) is 0 Å². The van der Waals surface area contributed by atoms with Crippen LogP contribution in [0.4, 0.5) is 34.1 Å². The van der Waals surface area contributed by atoms with E-state index in [1.807, 2.05) is 0 Å². The van der Waals surface area contributed by atoms with E-state index in [0.717, 1.165) is 73.5 Å². The van der Waals surface area contributed by atoms with Crippen molar-refractivity contribution in [2.45, 2.75) is 0 Å². The van der Waals surface area contributed by atoms with Crippen molar-refractivity contribution in [2.75, 3.05) is 9.80 Å². The summed E-state index contributed by atoms with van der Waals surface area (Å²) in [4.78, 5) is 4.84. The number of hydrogen-bond donors (Lipinski definition) is 0. The molecule has 4 heterocycles. The average Bonchev–Trinajstić information content (AvgIpc) is 3.16. The Morgan fingerprint density at radius 2 is 0.729 bits per heavy atom. The van der Waals surface area contributed by atoms with Gasteiger partial charge < -0.3 is 19.3 Å². The Kier molecular flexibility index (Phi) is 5.25. The minimum atomic E-state index is -0.0607. The molecule has 0 atom stereocenters. The van der Waals surface area contributed by atoms with Crippen molar-refractivity contribution < 1.29 is 9.47 Å². The van der Waals surface area contributed by atoms with Gasteiger partial charge in [-0.05, 0) is 75.8 Å². The van der Waals surface area contributed by atoms with Crippen LogP contribution >= 0.6 is 0 Å². The summed E-state index contributed by atoms with van der Waals surface area (Å²) in [6, 6.07) is 56.1. The van der Waals surface area contributed by atoms with E-state index in [-0.39, 0.29) is 13.4 Å². The number of hydrogen-bond acceptors (Lipinski definition) is 4. The third kappa shape index (κ3) is 3.36. The Balaban J connectivity index is 1.36. The molecule has 0 N–H and O–H groups in total. The molecule has 4 nitrogen and oxygen atoms in total. The molecule has 0 amide bonds. The van der Waals surface area contributed by atoms with Crippen LogP contribution in [0.2, 0.25) is 0 Å². The highest BCUT2D eigenvalue weighted by atomic mass is 16.5. The van der Waals surface area contributed by atoms with Crippen molar-refractivity contribution in [3.8, 4) is 23.0 Å². The van der Waals surface area contributed by atoms with Crippen LogP contribution in [0.5, 0.6) is 23.0 Å². The predicted octanol–water partition coefficient (Wildman–Crippen LogP) is 6.50. The van der Waals surface area contributed by atoms with Crippen LogP contribution < -0.4 is 52.1 Å². The lowest BCUT2D eigenvalue weighted by atomic mass is 9.31. The van der Waals surface area contributed by atoms with Gasteiger partial charge in [-0.2, -0.15) is 0 Å². The van der Waals surface area contributed by atoms with E-state index < -0.39 is 0 Å². The van der Waals surface area contributed by atoms with Gasteiger partial charge in [-0.15, -0.1) is 0 Å². The van der Waals surface area contributed by atoms with Gasteiger partial charge in [0.05, 0.1) is 11.4 Å². The number of ether oxygens (including phenoxy) is 2. The van der Waals surface area contributed by atoms with Crippen molar-refractivity contribution in [1.29, 1.82) is 0 Å². The van der Waals surface area contributed by atoms with Crippen molar-refractivity contribution in [3.05, 3.63) is 158 Å². The van der Waals surface area contributed by atoms with E-state index in [1.54, 1.807) is 0 Å². The zero-order valence-corrected chi connectivity index (χ0v) is 25.9. The fraction of sp³-hybridized carbons (Fsp3) is 0. The molecule has 0 aromatic heterocycles. The van der Waals surface area contributed by atoms with Crippen LogP contribution in [-0.2, 0) is 0 Å². The summed E-state index contributed by atoms with van der Waals surface area (Å²) in [5.74, 6) is 3.48. The highest BCUT2D eigenvalue weighted by Gasteiger charge is 2.51. The van der Waals surface area contributed by atoms with Gasteiger partial charge in [-0.25, -0.2) is 0 Å². The highest BCUT2D eigenvalue weighted by Crippen LogP contribution is 2.53. The molecule has 4 aliphatic heterocycles. The first-order valence-electron chi connectivity index (χ1n) is 16.5. The molecule has 0 saturated heterocycles. The van der Waals surface area contributed by atoms with E-state index in [0.29, 0.717) is 0 Å². The first kappa shape index (κ1) is 26.0. The standard InChI is InChI=1S/C42H26B2N2O2/c1-3-15-27(16-4-1)45-33-23-11-7-19-29(33)43-30-20-8-12-24-34(30)46(28-17-5-2-6-18-28)40-37(43)39(45)41-38-42(40)48-36-26-14-10-22-32(36)44(38)31-21-9-13-25-35(31)47-41/h1-26H. The van der Waals surface area contributed by atoms with Gasteiger partial charge in [0.2, 0.25) is 0 Å². The molecular weight excluding hydrogens is 586 g/mol. The maximum Gasteiger partial charge on any atom is 0.260 e. The maximum atomic E-state index is 7.17. The molecule has 7 aromatic rings. The highest BCUT2D eigenvalue weighted by molar-refractivity contribution is 7.02. The predicted molar refractivity (Wildman–Crippen MR) is 198 cm³/mol. The van der Waals surface area contributed by atoms with Gasteiger partial charge in [-0.3, -0.25) is 0 Å². The second kappa shape index (κ2) is 9.69. The van der Waals surface area contributed by atoms with E-state index >= 15 is 0 Å². The molecule has 4 aliphatic rings. The molecule has 11 rings (SSSR count). The Labute approximate surface area is 279 Å². The van der Waals surface area contributed by atoms with Crippen LogP contribution in [0.25, 0.3) is 0 Å². The average molecular weight is 612 g/mol. The van der Waals surface area contributed by atoms with Crippen molar-refractivity contribution >= 4 is 80.3 Å². The minimum Gasteiger partial charge on any atom is -0.456 e. The Bertz CT molecular complexity index is 2230. The third-order valence-electron chi connectivity index (χ3n) is 10.3. The van der Waals surface area contributed by atoms with Crippen molar-refractivity contribution in [1.82, 2.24) is 0 Å². The van der Waals surface area contributed by atoms with E-state index in [2.05, 4.69) is 168 Å². The molecular formula is C42H26B2N2O2. The smallest absolute Gasteiger partial charge is 0.260 e. The monoisotopic (exact) mass is 612 g/mol. The molecule has 48 heavy (non-hydrogen) atoms. The second-order valence-corrected chi connectivity index (χ2v) is 12.8. The Hall–Kier alpha value is -6.13. The number of nitrogens with zero attached hydrogens (tertiary/aromatic N) is 2. The van der Waals surface area contributed by atoms with Gasteiger partial charge in [0.1, 0.15) is 23.0 Å². The van der Waals surface area contributed by atoms with Gasteiger partial charge in [-0.1, -0.05) is 109 Å². The first-order chi connectivity index (χ1) is 23.9. The zero-order valence-electron chi connectivity index (χ0n) is 25.9. The summed E-state index contributed by atoms with van der Waals surface area (Å²) in [5.41, 5.74) is 13.7. The van der Waals surface area contributed by atoms with Gasteiger partial charge >= 0.3 is 0 Å². The summed E-state index contributed by atoms with van der Waals surface area (Å²) in [6.45, 7) is -0.0987. The molecule has 0 radical (unpaired) electrons. The van der Waals surface area contributed by atoms with Crippen LogP contribution in [0, 0.1) is 0 Å². The third-order valence-corrected chi connectivity index (χ3v) is 10.3. The molecule has 7 aromatic carbocycles. The second-order valence-electron chi connectivity index (χ2n) is 12.8. The molecule has 0 bridgehead atoms. The topological polar surface area (TPSA) is 24.9 Å². The number of rotatable bonds is 2.